The van der Waals surface area contributed by atoms with E-state index < -0.39 is 10.9 Å². The molecular formula is C20H18N2O5. The maximum atomic E-state index is 12.2. The Balaban J connectivity index is 2.16. The van der Waals surface area contributed by atoms with E-state index in [0.29, 0.717) is 11.3 Å². The van der Waals surface area contributed by atoms with Gasteiger partial charge in [-0.1, -0.05) is 30.3 Å². The predicted molar refractivity (Wildman–Crippen MR) is 101 cm³/mol. The fourth-order valence-corrected chi connectivity index (χ4v) is 2.09. The topological polar surface area (TPSA) is 98.5 Å². The summed E-state index contributed by atoms with van der Waals surface area (Å²) in [4.78, 5) is 34.4. The molecule has 0 aliphatic heterocycles. The van der Waals surface area contributed by atoms with Crippen LogP contribution in [-0.4, -0.2) is 23.3 Å². The van der Waals surface area contributed by atoms with Gasteiger partial charge in [0.25, 0.3) is 5.69 Å². The van der Waals surface area contributed by atoms with Gasteiger partial charge in [0.05, 0.1) is 17.1 Å². The van der Waals surface area contributed by atoms with Gasteiger partial charge in [-0.2, -0.15) is 0 Å². The van der Waals surface area contributed by atoms with Crippen molar-refractivity contribution in [3.05, 3.63) is 94.2 Å². The summed E-state index contributed by atoms with van der Waals surface area (Å²) in [6.45, 7) is 1.87. The summed E-state index contributed by atoms with van der Waals surface area (Å²) in [5.41, 5.74) is 1.15. The molecule has 2 rings (SSSR count). The van der Waals surface area contributed by atoms with Gasteiger partial charge < -0.3 is 10.1 Å². The molecule has 0 aliphatic carbocycles. The van der Waals surface area contributed by atoms with Gasteiger partial charge in [-0.3, -0.25) is 14.9 Å². The molecule has 0 amide bonds. The van der Waals surface area contributed by atoms with Crippen molar-refractivity contribution in [3.8, 4) is 0 Å². The quantitative estimate of drug-likeness (QED) is 0.190. The van der Waals surface area contributed by atoms with E-state index in [-0.39, 0.29) is 23.7 Å². The zero-order valence-corrected chi connectivity index (χ0v) is 14.6. The number of allylic oxidation sites excluding steroid dienone is 1. The predicted octanol–water partition coefficient (Wildman–Crippen LogP) is 3.89. The number of carbonyl (C=O) groups excluding carboxylic acids is 2. The zero-order valence-electron chi connectivity index (χ0n) is 14.6. The minimum Gasteiger partial charge on any atom is -0.462 e. The number of nitrogens with one attached hydrogen (secondary N) is 1. The van der Waals surface area contributed by atoms with E-state index in [2.05, 4.69) is 5.32 Å². The Morgan fingerprint density at radius 2 is 1.74 bits per heavy atom. The summed E-state index contributed by atoms with van der Waals surface area (Å²) in [6, 6.07) is 14.4. The molecule has 138 valence electrons. The van der Waals surface area contributed by atoms with Gasteiger partial charge in [0.15, 0.2) is 5.78 Å². The lowest BCUT2D eigenvalue weighted by molar-refractivity contribution is -0.384. The van der Waals surface area contributed by atoms with Crippen molar-refractivity contribution in [1.29, 1.82) is 0 Å². The number of carbonyl (C=O) groups is 2. The van der Waals surface area contributed by atoms with Crippen molar-refractivity contribution < 1.29 is 19.2 Å². The summed E-state index contributed by atoms with van der Waals surface area (Å²) in [5.74, 6) is -0.842. The van der Waals surface area contributed by atoms with Gasteiger partial charge in [0, 0.05) is 29.6 Å². The minimum absolute atomic E-state index is 0.0384. The molecule has 7 heteroatoms. The fraction of sp³-hybridized carbons (Fsp3) is 0.100. The number of nitrogens with zero attached hydrogens (tertiary/aromatic N) is 1. The number of esters is 1. The molecule has 0 saturated carbocycles. The number of anilines is 1. The van der Waals surface area contributed by atoms with Crippen LogP contribution in [0, 0.1) is 10.1 Å². The van der Waals surface area contributed by atoms with Crippen LogP contribution < -0.4 is 5.32 Å². The third-order valence-electron chi connectivity index (χ3n) is 3.46. The highest BCUT2D eigenvalue weighted by atomic mass is 16.6. The second-order valence-corrected chi connectivity index (χ2v) is 5.33. The monoisotopic (exact) mass is 366 g/mol. The van der Waals surface area contributed by atoms with Crippen LogP contribution in [0.3, 0.4) is 0 Å². The standard InChI is InChI=1S/C20H18N2O5/c1-2-27-20(24)16(8-13-19(23)15-6-4-3-5-7-15)14-21-17-9-11-18(12-10-17)22(25)26/h3-14,21H,2H2,1H3/b13-8+,16-14-. The molecule has 0 unspecified atom stereocenters. The van der Waals surface area contributed by atoms with E-state index in [1.165, 1.54) is 42.6 Å². The summed E-state index contributed by atoms with van der Waals surface area (Å²) >= 11 is 0. The summed E-state index contributed by atoms with van der Waals surface area (Å²) in [6.07, 6.45) is 4.04. The first-order valence-corrected chi connectivity index (χ1v) is 8.17. The van der Waals surface area contributed by atoms with E-state index in [9.17, 15) is 19.7 Å². The largest absolute Gasteiger partial charge is 0.462 e. The lowest BCUT2D eigenvalue weighted by atomic mass is 10.1. The van der Waals surface area contributed by atoms with Crippen molar-refractivity contribution in [1.82, 2.24) is 0 Å². The van der Waals surface area contributed by atoms with Crippen LogP contribution in [0.15, 0.2) is 78.5 Å². The lowest BCUT2D eigenvalue weighted by Gasteiger charge is -2.05. The molecule has 0 radical (unpaired) electrons. The first-order chi connectivity index (χ1) is 13.0. The molecule has 1 N–H and O–H groups in total. The summed E-state index contributed by atoms with van der Waals surface area (Å²) in [7, 11) is 0. The number of ether oxygens (including phenoxy) is 1. The smallest absolute Gasteiger partial charge is 0.339 e. The van der Waals surface area contributed by atoms with Crippen LogP contribution in [0.2, 0.25) is 0 Å². The molecule has 0 fully saturated rings. The van der Waals surface area contributed by atoms with Gasteiger partial charge in [0.2, 0.25) is 0 Å². The molecular weight excluding hydrogens is 348 g/mol. The van der Waals surface area contributed by atoms with Crippen molar-refractivity contribution in [2.45, 2.75) is 6.92 Å². The average Bonchev–Trinajstić information content (AvgIpc) is 2.69. The van der Waals surface area contributed by atoms with Gasteiger partial charge >= 0.3 is 5.97 Å². The number of ketones is 1. The molecule has 0 atom stereocenters. The number of nitro groups is 1. The van der Waals surface area contributed by atoms with E-state index >= 15 is 0 Å². The zero-order chi connectivity index (χ0) is 19.6. The lowest BCUT2D eigenvalue weighted by Crippen LogP contribution is -2.08. The van der Waals surface area contributed by atoms with E-state index in [1.54, 1.807) is 37.3 Å². The van der Waals surface area contributed by atoms with Crippen LogP contribution in [-0.2, 0) is 9.53 Å². The Labute approximate surface area is 156 Å². The molecule has 0 bridgehead atoms. The number of hydrogen-bond donors (Lipinski definition) is 1. The van der Waals surface area contributed by atoms with Crippen LogP contribution in [0.4, 0.5) is 11.4 Å². The number of rotatable bonds is 8. The Bertz CT molecular complexity index is 871. The highest BCUT2D eigenvalue weighted by Gasteiger charge is 2.09. The second-order valence-electron chi connectivity index (χ2n) is 5.33. The third-order valence-corrected chi connectivity index (χ3v) is 3.46. The average molecular weight is 366 g/mol. The molecule has 0 aromatic heterocycles. The minimum atomic E-state index is -0.593. The fourth-order valence-electron chi connectivity index (χ4n) is 2.09. The maximum Gasteiger partial charge on any atom is 0.339 e. The number of benzene rings is 2. The second kappa shape index (κ2) is 9.67. The highest BCUT2D eigenvalue weighted by molar-refractivity contribution is 6.06. The third kappa shape index (κ3) is 5.93. The highest BCUT2D eigenvalue weighted by Crippen LogP contribution is 2.16. The molecule has 27 heavy (non-hydrogen) atoms. The summed E-state index contributed by atoms with van der Waals surface area (Å²) < 4.78 is 4.98. The van der Waals surface area contributed by atoms with Crippen LogP contribution >= 0.6 is 0 Å². The van der Waals surface area contributed by atoms with E-state index in [4.69, 9.17) is 4.74 Å². The van der Waals surface area contributed by atoms with Gasteiger partial charge in [-0.15, -0.1) is 0 Å². The number of non-ortho nitro benzene ring substituents is 1. The van der Waals surface area contributed by atoms with Gasteiger partial charge in [0.1, 0.15) is 0 Å². The number of nitro benzene ring substituents is 1. The first-order valence-electron chi connectivity index (χ1n) is 8.17. The molecule has 0 heterocycles. The first kappa shape index (κ1) is 19.6. The summed E-state index contributed by atoms with van der Waals surface area (Å²) in [5, 5.41) is 13.5. The molecule has 2 aromatic rings. The Morgan fingerprint density at radius 1 is 1.07 bits per heavy atom. The van der Waals surface area contributed by atoms with Gasteiger partial charge in [-0.25, -0.2) is 4.79 Å². The maximum absolute atomic E-state index is 12.2. The molecule has 0 saturated heterocycles. The van der Waals surface area contributed by atoms with Crippen molar-refractivity contribution in [2.24, 2.45) is 0 Å². The Hall–Kier alpha value is -3.74. The van der Waals surface area contributed by atoms with Crippen molar-refractivity contribution >= 4 is 23.1 Å². The normalized spacial score (nSPS) is 11.2. The molecule has 0 aliphatic rings. The SMILES string of the molecule is CCOC(=O)C(=C\Nc1ccc([N+](=O)[O-])cc1)/C=C/C(=O)c1ccccc1. The van der Waals surface area contributed by atoms with Crippen LogP contribution in [0.1, 0.15) is 17.3 Å². The van der Waals surface area contributed by atoms with E-state index in [0.717, 1.165) is 0 Å². The Morgan fingerprint density at radius 3 is 2.33 bits per heavy atom. The molecule has 0 spiro atoms. The van der Waals surface area contributed by atoms with Crippen molar-refractivity contribution in [2.75, 3.05) is 11.9 Å². The van der Waals surface area contributed by atoms with Crippen molar-refractivity contribution in [3.63, 3.8) is 0 Å². The van der Waals surface area contributed by atoms with Crippen LogP contribution in [0.25, 0.3) is 0 Å². The number of hydrogen-bond acceptors (Lipinski definition) is 6. The Kier molecular flexibility index (Phi) is 7.01. The molecule has 2 aromatic carbocycles. The van der Waals surface area contributed by atoms with Gasteiger partial charge in [-0.05, 0) is 31.2 Å². The van der Waals surface area contributed by atoms with Crippen LogP contribution in [0.5, 0.6) is 0 Å². The van der Waals surface area contributed by atoms with E-state index in [1.807, 2.05) is 0 Å². The molecule has 7 nitrogen and oxygen atoms in total.